The molecule has 0 unspecified atom stereocenters. The van der Waals surface area contributed by atoms with E-state index in [0.717, 1.165) is 11.0 Å². The number of carbonyl (C=O) groups excluding carboxylic acids is 1. The highest BCUT2D eigenvalue weighted by atomic mass is 32.1. The van der Waals surface area contributed by atoms with Crippen LogP contribution in [0.4, 0.5) is 0 Å². The van der Waals surface area contributed by atoms with Gasteiger partial charge in [0.15, 0.2) is 4.80 Å². The van der Waals surface area contributed by atoms with E-state index < -0.39 is 0 Å². The normalized spacial score (nSPS) is 12.2. The number of aryl methyl sites for hydroxylation is 2. The Balaban J connectivity index is 2.03. The van der Waals surface area contributed by atoms with E-state index in [2.05, 4.69) is 4.99 Å². The molecule has 0 bridgehead atoms. The average molecular weight is 302 g/mol. The van der Waals surface area contributed by atoms with E-state index in [-0.39, 0.29) is 18.1 Å². The quantitative estimate of drug-likeness (QED) is 0.705. The average Bonchev–Trinajstić information content (AvgIpc) is 2.97. The van der Waals surface area contributed by atoms with Crippen molar-refractivity contribution in [1.29, 1.82) is 0 Å². The molecular weight excluding hydrogens is 288 g/mol. The lowest BCUT2D eigenvalue weighted by Gasteiger charge is -1.98. The predicted octanol–water partition coefficient (Wildman–Crippen LogP) is 0.867. The van der Waals surface area contributed by atoms with Gasteiger partial charge in [0.1, 0.15) is 6.54 Å². The molecule has 0 spiro atoms. The first-order valence-corrected chi connectivity index (χ1v) is 7.28. The molecule has 1 aromatic carbocycles. The van der Waals surface area contributed by atoms with E-state index in [4.69, 9.17) is 0 Å². The third-order valence-corrected chi connectivity index (χ3v) is 4.17. The summed E-state index contributed by atoms with van der Waals surface area (Å²) in [5.41, 5.74) is 1.33. The third kappa shape index (κ3) is 2.36. The predicted molar refractivity (Wildman–Crippen MR) is 81.0 cm³/mol. The number of aromatic nitrogens is 3. The lowest BCUT2D eigenvalue weighted by molar-refractivity contribution is -0.118. The molecule has 7 heteroatoms. The van der Waals surface area contributed by atoms with Gasteiger partial charge in [0, 0.05) is 25.7 Å². The number of carbonyl (C=O) groups is 1. The Hall–Kier alpha value is -2.41. The first kappa shape index (κ1) is 13.6. The lowest BCUT2D eigenvalue weighted by Crippen LogP contribution is -2.26. The molecule has 3 aromatic rings. The number of benzene rings is 1. The topological polar surface area (TPSA) is 61.3 Å². The molecule has 21 heavy (non-hydrogen) atoms. The second kappa shape index (κ2) is 5.17. The lowest BCUT2D eigenvalue weighted by atomic mass is 10.3. The van der Waals surface area contributed by atoms with Crippen molar-refractivity contribution in [2.24, 2.45) is 19.1 Å². The summed E-state index contributed by atoms with van der Waals surface area (Å²) in [5, 5.41) is 1.86. The Bertz CT molecular complexity index is 942. The number of nitrogens with zero attached hydrogens (tertiary/aromatic N) is 4. The largest absolute Gasteiger partial charge is 0.329 e. The van der Waals surface area contributed by atoms with Crippen molar-refractivity contribution < 1.29 is 4.79 Å². The zero-order valence-electron chi connectivity index (χ0n) is 11.7. The Kier molecular flexibility index (Phi) is 3.34. The molecular formula is C14H14N4O2S. The van der Waals surface area contributed by atoms with Crippen molar-refractivity contribution in [2.75, 3.05) is 0 Å². The molecule has 2 aromatic heterocycles. The highest BCUT2D eigenvalue weighted by Crippen LogP contribution is 2.11. The Morgan fingerprint density at radius 3 is 2.62 bits per heavy atom. The Labute approximate surface area is 124 Å². The molecule has 3 rings (SSSR count). The highest BCUT2D eigenvalue weighted by molar-refractivity contribution is 7.07. The van der Waals surface area contributed by atoms with Crippen LogP contribution in [0.15, 0.2) is 45.6 Å². The van der Waals surface area contributed by atoms with Gasteiger partial charge in [0.2, 0.25) is 0 Å². The number of hydrogen-bond donors (Lipinski definition) is 0. The summed E-state index contributed by atoms with van der Waals surface area (Å²) in [5.74, 6) is -0.341. The SMILES string of the molecule is Cn1ccsc1=NC(=O)Cn1c(=O)n(C)c2ccccc21. The number of hydrogen-bond acceptors (Lipinski definition) is 3. The van der Waals surface area contributed by atoms with Crippen LogP contribution in [-0.4, -0.2) is 19.6 Å². The van der Waals surface area contributed by atoms with Crippen LogP contribution in [0.25, 0.3) is 11.0 Å². The van der Waals surface area contributed by atoms with Gasteiger partial charge in [-0.2, -0.15) is 4.99 Å². The number of rotatable bonds is 2. The number of amides is 1. The van der Waals surface area contributed by atoms with E-state index in [0.29, 0.717) is 4.80 Å². The third-order valence-electron chi connectivity index (χ3n) is 3.33. The number of imidazole rings is 1. The maximum Gasteiger partial charge on any atom is 0.329 e. The fourth-order valence-corrected chi connectivity index (χ4v) is 2.97. The summed E-state index contributed by atoms with van der Waals surface area (Å²) < 4.78 is 4.76. The second-order valence-corrected chi connectivity index (χ2v) is 5.59. The molecule has 0 N–H and O–H groups in total. The van der Waals surface area contributed by atoms with Crippen molar-refractivity contribution in [3.8, 4) is 0 Å². The summed E-state index contributed by atoms with van der Waals surface area (Å²) in [7, 11) is 3.52. The first-order valence-electron chi connectivity index (χ1n) is 6.40. The van der Waals surface area contributed by atoms with Crippen LogP contribution in [0.2, 0.25) is 0 Å². The fourth-order valence-electron chi connectivity index (χ4n) is 2.23. The van der Waals surface area contributed by atoms with Crippen LogP contribution in [-0.2, 0) is 25.4 Å². The maximum atomic E-state index is 12.2. The van der Waals surface area contributed by atoms with Crippen molar-refractivity contribution in [1.82, 2.24) is 13.7 Å². The van der Waals surface area contributed by atoms with Gasteiger partial charge in [-0.1, -0.05) is 12.1 Å². The smallest absolute Gasteiger partial charge is 0.327 e. The molecule has 108 valence electrons. The minimum absolute atomic E-state index is 0.0575. The standard InChI is InChI=1S/C14H14N4O2S/c1-16-7-8-21-13(16)15-12(19)9-18-11-6-4-3-5-10(11)17(2)14(18)20/h3-8H,9H2,1-2H3. The molecule has 0 saturated carbocycles. The molecule has 0 fully saturated rings. The van der Waals surface area contributed by atoms with Crippen molar-refractivity contribution in [2.45, 2.75) is 6.54 Å². The Morgan fingerprint density at radius 1 is 1.24 bits per heavy atom. The minimum Gasteiger partial charge on any atom is -0.327 e. The summed E-state index contributed by atoms with van der Waals surface area (Å²) >= 11 is 1.38. The van der Waals surface area contributed by atoms with Crippen LogP contribution < -0.4 is 10.5 Å². The molecule has 0 aliphatic carbocycles. The van der Waals surface area contributed by atoms with Gasteiger partial charge >= 0.3 is 5.69 Å². The van der Waals surface area contributed by atoms with E-state index in [1.807, 2.05) is 42.9 Å². The monoisotopic (exact) mass is 302 g/mol. The van der Waals surface area contributed by atoms with Crippen LogP contribution in [0.3, 0.4) is 0 Å². The van der Waals surface area contributed by atoms with Crippen LogP contribution in [0.5, 0.6) is 0 Å². The molecule has 2 heterocycles. The molecule has 0 atom stereocenters. The van der Waals surface area contributed by atoms with Crippen molar-refractivity contribution in [3.05, 3.63) is 51.1 Å². The summed E-state index contributed by atoms with van der Waals surface area (Å²) in [6.45, 7) is -0.0575. The molecule has 0 saturated heterocycles. The van der Waals surface area contributed by atoms with Crippen LogP contribution in [0, 0.1) is 0 Å². The van der Waals surface area contributed by atoms with E-state index in [1.54, 1.807) is 11.6 Å². The zero-order valence-corrected chi connectivity index (χ0v) is 12.5. The minimum atomic E-state index is -0.341. The summed E-state index contributed by atoms with van der Waals surface area (Å²) in [6, 6.07) is 7.40. The second-order valence-electron chi connectivity index (χ2n) is 4.72. The summed E-state index contributed by atoms with van der Waals surface area (Å²) in [4.78, 5) is 29.0. The van der Waals surface area contributed by atoms with Crippen LogP contribution in [0.1, 0.15) is 0 Å². The zero-order chi connectivity index (χ0) is 15.0. The van der Waals surface area contributed by atoms with Gasteiger partial charge < -0.3 is 4.57 Å². The summed E-state index contributed by atoms with van der Waals surface area (Å²) in [6.07, 6.45) is 1.83. The molecule has 1 amide bonds. The Morgan fingerprint density at radius 2 is 1.95 bits per heavy atom. The first-order chi connectivity index (χ1) is 10.1. The van der Waals surface area contributed by atoms with Gasteiger partial charge in [-0.25, -0.2) is 4.79 Å². The fraction of sp³-hybridized carbons (Fsp3) is 0.214. The number of fused-ring (bicyclic) bond motifs is 1. The van der Waals surface area contributed by atoms with Gasteiger partial charge in [-0.05, 0) is 12.1 Å². The maximum absolute atomic E-state index is 12.2. The highest BCUT2D eigenvalue weighted by Gasteiger charge is 2.12. The van der Waals surface area contributed by atoms with Gasteiger partial charge in [0.25, 0.3) is 5.91 Å². The molecule has 0 aliphatic rings. The van der Waals surface area contributed by atoms with E-state index >= 15 is 0 Å². The van der Waals surface area contributed by atoms with Gasteiger partial charge in [0.05, 0.1) is 11.0 Å². The molecule has 6 nitrogen and oxygen atoms in total. The van der Waals surface area contributed by atoms with Gasteiger partial charge in [-0.3, -0.25) is 13.9 Å². The van der Waals surface area contributed by atoms with Gasteiger partial charge in [-0.15, -0.1) is 11.3 Å². The molecule has 0 radical (unpaired) electrons. The number of para-hydroxylation sites is 2. The van der Waals surface area contributed by atoms with Crippen molar-refractivity contribution >= 4 is 28.3 Å². The molecule has 0 aliphatic heterocycles. The van der Waals surface area contributed by atoms with E-state index in [9.17, 15) is 9.59 Å². The van der Waals surface area contributed by atoms with Crippen LogP contribution >= 0.6 is 11.3 Å². The van der Waals surface area contributed by atoms with E-state index in [1.165, 1.54) is 20.5 Å². The number of thiazole rings is 1. The van der Waals surface area contributed by atoms with Crippen molar-refractivity contribution in [3.63, 3.8) is 0 Å².